The molecule has 0 bridgehead atoms. The van der Waals surface area contributed by atoms with E-state index in [9.17, 15) is 0 Å². The number of nitrogens with two attached hydrogens (primary N) is 1. The van der Waals surface area contributed by atoms with Gasteiger partial charge in [-0.05, 0) is 24.5 Å². The van der Waals surface area contributed by atoms with Crippen molar-refractivity contribution in [1.29, 1.82) is 0 Å². The van der Waals surface area contributed by atoms with Crippen LogP contribution >= 0.6 is 0 Å². The SMILES string of the molecule is CN(CCCCO)c1ccccc1CN. The van der Waals surface area contributed by atoms with Crippen LogP contribution in [0.2, 0.25) is 0 Å². The molecule has 0 heterocycles. The van der Waals surface area contributed by atoms with Gasteiger partial charge in [-0.25, -0.2) is 0 Å². The van der Waals surface area contributed by atoms with Crippen LogP contribution in [0.25, 0.3) is 0 Å². The zero-order valence-electron chi connectivity index (χ0n) is 9.32. The fourth-order valence-electron chi connectivity index (χ4n) is 1.64. The van der Waals surface area contributed by atoms with E-state index in [0.29, 0.717) is 6.54 Å². The van der Waals surface area contributed by atoms with E-state index < -0.39 is 0 Å². The molecule has 84 valence electrons. The lowest BCUT2D eigenvalue weighted by atomic mass is 10.1. The Morgan fingerprint density at radius 3 is 2.67 bits per heavy atom. The van der Waals surface area contributed by atoms with Gasteiger partial charge in [-0.3, -0.25) is 0 Å². The molecule has 0 fully saturated rings. The number of unbranched alkanes of at least 4 members (excludes halogenated alkanes) is 1. The van der Waals surface area contributed by atoms with Gasteiger partial charge in [-0.2, -0.15) is 0 Å². The predicted octanol–water partition coefficient (Wildman–Crippen LogP) is 1.35. The third-order valence-electron chi connectivity index (χ3n) is 2.52. The maximum Gasteiger partial charge on any atom is 0.0431 e. The molecule has 1 aromatic carbocycles. The lowest BCUT2D eigenvalue weighted by molar-refractivity contribution is 0.285. The smallest absolute Gasteiger partial charge is 0.0431 e. The summed E-state index contributed by atoms with van der Waals surface area (Å²) in [5, 5.41) is 8.71. The van der Waals surface area contributed by atoms with Gasteiger partial charge in [0.15, 0.2) is 0 Å². The van der Waals surface area contributed by atoms with E-state index in [1.54, 1.807) is 0 Å². The topological polar surface area (TPSA) is 49.5 Å². The molecule has 3 nitrogen and oxygen atoms in total. The average molecular weight is 208 g/mol. The molecule has 1 rings (SSSR count). The molecule has 0 unspecified atom stereocenters. The van der Waals surface area contributed by atoms with Crippen LogP contribution in [0.5, 0.6) is 0 Å². The van der Waals surface area contributed by atoms with Gasteiger partial charge >= 0.3 is 0 Å². The van der Waals surface area contributed by atoms with E-state index in [2.05, 4.69) is 24.1 Å². The lowest BCUT2D eigenvalue weighted by Crippen LogP contribution is -2.20. The summed E-state index contributed by atoms with van der Waals surface area (Å²) in [4.78, 5) is 2.19. The van der Waals surface area contributed by atoms with Crippen molar-refractivity contribution >= 4 is 5.69 Å². The number of nitrogens with zero attached hydrogens (tertiary/aromatic N) is 1. The summed E-state index contributed by atoms with van der Waals surface area (Å²) in [6, 6.07) is 8.17. The van der Waals surface area contributed by atoms with Crippen LogP contribution in [-0.2, 0) is 6.54 Å². The normalized spacial score (nSPS) is 10.3. The summed E-state index contributed by atoms with van der Waals surface area (Å²) >= 11 is 0. The monoisotopic (exact) mass is 208 g/mol. The van der Waals surface area contributed by atoms with Crippen molar-refractivity contribution in [2.45, 2.75) is 19.4 Å². The first-order valence-corrected chi connectivity index (χ1v) is 5.39. The van der Waals surface area contributed by atoms with Crippen molar-refractivity contribution in [1.82, 2.24) is 0 Å². The first-order valence-electron chi connectivity index (χ1n) is 5.39. The number of rotatable bonds is 6. The van der Waals surface area contributed by atoms with Crippen molar-refractivity contribution in [2.24, 2.45) is 5.73 Å². The summed E-state index contributed by atoms with van der Waals surface area (Å²) in [6.45, 7) is 1.80. The highest BCUT2D eigenvalue weighted by atomic mass is 16.2. The van der Waals surface area contributed by atoms with Gasteiger partial charge in [0.25, 0.3) is 0 Å². The van der Waals surface area contributed by atoms with Crippen molar-refractivity contribution in [3.8, 4) is 0 Å². The molecule has 0 spiro atoms. The molecule has 0 amide bonds. The highest BCUT2D eigenvalue weighted by molar-refractivity contribution is 5.52. The number of anilines is 1. The largest absolute Gasteiger partial charge is 0.396 e. The third-order valence-corrected chi connectivity index (χ3v) is 2.52. The summed E-state index contributed by atoms with van der Waals surface area (Å²) in [5.41, 5.74) is 8.04. The molecule has 0 saturated heterocycles. The molecule has 0 aromatic heterocycles. The Morgan fingerprint density at radius 2 is 2.00 bits per heavy atom. The minimum atomic E-state index is 0.270. The Bertz CT molecular complexity index is 289. The molecule has 0 aliphatic carbocycles. The maximum atomic E-state index is 8.71. The second-order valence-electron chi connectivity index (χ2n) is 3.69. The van der Waals surface area contributed by atoms with Gasteiger partial charge in [0.1, 0.15) is 0 Å². The van der Waals surface area contributed by atoms with Crippen LogP contribution in [0, 0.1) is 0 Å². The lowest BCUT2D eigenvalue weighted by Gasteiger charge is -2.21. The number of para-hydroxylation sites is 1. The Morgan fingerprint density at radius 1 is 1.27 bits per heavy atom. The van der Waals surface area contributed by atoms with Crippen molar-refractivity contribution in [3.63, 3.8) is 0 Å². The predicted molar refractivity (Wildman–Crippen MR) is 63.9 cm³/mol. The molecule has 0 aliphatic heterocycles. The molecule has 15 heavy (non-hydrogen) atoms. The Kier molecular flexibility index (Phi) is 5.15. The van der Waals surface area contributed by atoms with E-state index >= 15 is 0 Å². The Labute approximate surface area is 91.5 Å². The summed E-state index contributed by atoms with van der Waals surface area (Å²) in [5.74, 6) is 0. The van der Waals surface area contributed by atoms with E-state index in [-0.39, 0.29) is 6.61 Å². The fraction of sp³-hybridized carbons (Fsp3) is 0.500. The van der Waals surface area contributed by atoms with Gasteiger partial charge in [-0.15, -0.1) is 0 Å². The molecule has 0 saturated carbocycles. The van der Waals surface area contributed by atoms with Gasteiger partial charge in [-0.1, -0.05) is 18.2 Å². The summed E-state index contributed by atoms with van der Waals surface area (Å²) in [6.07, 6.45) is 1.86. The van der Waals surface area contributed by atoms with E-state index in [0.717, 1.165) is 19.4 Å². The third kappa shape index (κ3) is 3.53. The van der Waals surface area contributed by atoms with Crippen LogP contribution < -0.4 is 10.6 Å². The van der Waals surface area contributed by atoms with Crippen LogP contribution in [0.15, 0.2) is 24.3 Å². The standard InChI is InChI=1S/C12H20N2O/c1-14(8-4-5-9-15)12-7-3-2-6-11(12)10-13/h2-3,6-7,15H,4-5,8-10,13H2,1H3. The second kappa shape index (κ2) is 6.43. The van der Waals surface area contributed by atoms with Gasteiger partial charge in [0.05, 0.1) is 0 Å². The molecule has 0 atom stereocenters. The quantitative estimate of drug-likeness (QED) is 0.694. The van der Waals surface area contributed by atoms with Crippen molar-refractivity contribution < 1.29 is 5.11 Å². The first-order chi connectivity index (χ1) is 7.29. The van der Waals surface area contributed by atoms with Crippen LogP contribution in [0.1, 0.15) is 18.4 Å². The van der Waals surface area contributed by atoms with Crippen LogP contribution in [0.3, 0.4) is 0 Å². The number of benzene rings is 1. The van der Waals surface area contributed by atoms with Gasteiger partial charge in [0.2, 0.25) is 0 Å². The van der Waals surface area contributed by atoms with Crippen LogP contribution in [-0.4, -0.2) is 25.3 Å². The zero-order chi connectivity index (χ0) is 11.1. The fourth-order valence-corrected chi connectivity index (χ4v) is 1.64. The molecule has 1 aromatic rings. The molecule has 3 heteroatoms. The van der Waals surface area contributed by atoms with Crippen molar-refractivity contribution in [2.75, 3.05) is 25.1 Å². The Balaban J connectivity index is 2.59. The highest BCUT2D eigenvalue weighted by Crippen LogP contribution is 2.18. The number of hydrogen-bond acceptors (Lipinski definition) is 3. The van der Waals surface area contributed by atoms with Crippen molar-refractivity contribution in [3.05, 3.63) is 29.8 Å². The molecule has 0 aliphatic rings. The molecular formula is C12H20N2O. The number of hydrogen-bond donors (Lipinski definition) is 2. The van der Waals surface area contributed by atoms with Gasteiger partial charge in [0, 0.05) is 32.4 Å². The number of aliphatic hydroxyl groups is 1. The molecular weight excluding hydrogens is 188 g/mol. The van der Waals surface area contributed by atoms with Crippen LogP contribution in [0.4, 0.5) is 5.69 Å². The first kappa shape index (κ1) is 12.0. The van der Waals surface area contributed by atoms with E-state index in [4.69, 9.17) is 10.8 Å². The Hall–Kier alpha value is -1.06. The molecule has 3 N–H and O–H groups in total. The minimum Gasteiger partial charge on any atom is -0.396 e. The molecule has 0 radical (unpaired) electrons. The summed E-state index contributed by atoms with van der Waals surface area (Å²) in [7, 11) is 2.06. The zero-order valence-corrected chi connectivity index (χ0v) is 9.32. The average Bonchev–Trinajstić information content (AvgIpc) is 2.29. The minimum absolute atomic E-state index is 0.270. The van der Waals surface area contributed by atoms with E-state index in [1.807, 2.05) is 12.1 Å². The highest BCUT2D eigenvalue weighted by Gasteiger charge is 2.04. The number of aliphatic hydroxyl groups excluding tert-OH is 1. The second-order valence-corrected chi connectivity index (χ2v) is 3.69. The van der Waals surface area contributed by atoms with Gasteiger partial charge < -0.3 is 15.7 Å². The maximum absolute atomic E-state index is 8.71. The van der Waals surface area contributed by atoms with E-state index in [1.165, 1.54) is 11.3 Å². The summed E-state index contributed by atoms with van der Waals surface area (Å²) < 4.78 is 0.